The van der Waals surface area contributed by atoms with E-state index in [0.717, 1.165) is 11.1 Å². The van der Waals surface area contributed by atoms with Crippen LogP contribution in [0.1, 0.15) is 25.0 Å². The van der Waals surface area contributed by atoms with Gasteiger partial charge >= 0.3 is 0 Å². The second-order valence-corrected chi connectivity index (χ2v) is 12.8. The average molecular weight is 590 g/mol. The van der Waals surface area contributed by atoms with Gasteiger partial charge in [-0.1, -0.05) is 111 Å². The highest BCUT2D eigenvalue weighted by atomic mass is 15.0. The molecule has 0 amide bonds. The molecule has 0 saturated heterocycles. The summed E-state index contributed by atoms with van der Waals surface area (Å²) < 4.78 is 2.37. The van der Waals surface area contributed by atoms with Crippen molar-refractivity contribution in [3.05, 3.63) is 163 Å². The van der Waals surface area contributed by atoms with E-state index in [4.69, 9.17) is 0 Å². The van der Waals surface area contributed by atoms with Crippen molar-refractivity contribution in [3.8, 4) is 50.2 Å². The van der Waals surface area contributed by atoms with Gasteiger partial charge in [0.25, 0.3) is 0 Å². The van der Waals surface area contributed by atoms with Gasteiger partial charge in [-0.15, -0.1) is 0 Å². The van der Waals surface area contributed by atoms with Crippen LogP contribution in [0.15, 0.2) is 152 Å². The Labute approximate surface area is 268 Å². The molecule has 6 aromatic carbocycles. The van der Waals surface area contributed by atoms with E-state index in [2.05, 4.69) is 162 Å². The van der Waals surface area contributed by atoms with Crippen LogP contribution < -0.4 is 0 Å². The van der Waals surface area contributed by atoms with Crippen molar-refractivity contribution in [2.24, 2.45) is 0 Å². The number of hydrogen-bond acceptors (Lipinski definition) is 2. The van der Waals surface area contributed by atoms with E-state index in [0.29, 0.717) is 0 Å². The number of aromatic nitrogens is 3. The van der Waals surface area contributed by atoms with Gasteiger partial charge < -0.3 is 4.57 Å². The molecule has 0 spiro atoms. The SMILES string of the molecule is CC1(C)c2cc(-c3ccc(-c4cncnc4)cc3)ccc2-c2ccc(-c3ccc(-n4c5ccccc5c5ccccc54)cc3)cc21. The van der Waals surface area contributed by atoms with Gasteiger partial charge in [0, 0.05) is 39.8 Å². The van der Waals surface area contributed by atoms with Crippen LogP contribution >= 0.6 is 0 Å². The highest BCUT2D eigenvalue weighted by Crippen LogP contribution is 2.50. The molecular formula is C43H31N3. The van der Waals surface area contributed by atoms with Crippen molar-refractivity contribution in [1.82, 2.24) is 14.5 Å². The third-order valence-electron chi connectivity index (χ3n) is 9.83. The Morgan fingerprint density at radius 3 is 1.41 bits per heavy atom. The minimum Gasteiger partial charge on any atom is -0.309 e. The maximum absolute atomic E-state index is 4.16. The predicted molar refractivity (Wildman–Crippen MR) is 190 cm³/mol. The van der Waals surface area contributed by atoms with Crippen LogP contribution in [-0.2, 0) is 5.41 Å². The lowest BCUT2D eigenvalue weighted by Gasteiger charge is -2.22. The Morgan fingerprint density at radius 2 is 0.891 bits per heavy atom. The molecule has 218 valence electrons. The molecule has 0 bridgehead atoms. The van der Waals surface area contributed by atoms with Crippen LogP contribution in [0.25, 0.3) is 72.0 Å². The summed E-state index contributed by atoms with van der Waals surface area (Å²) in [6.45, 7) is 4.71. The lowest BCUT2D eigenvalue weighted by molar-refractivity contribution is 0.661. The van der Waals surface area contributed by atoms with E-state index >= 15 is 0 Å². The summed E-state index contributed by atoms with van der Waals surface area (Å²) in [6.07, 6.45) is 5.27. The summed E-state index contributed by atoms with van der Waals surface area (Å²) in [5.74, 6) is 0. The summed E-state index contributed by atoms with van der Waals surface area (Å²) in [7, 11) is 0. The molecule has 46 heavy (non-hydrogen) atoms. The maximum atomic E-state index is 4.16. The monoisotopic (exact) mass is 589 g/mol. The highest BCUT2D eigenvalue weighted by molar-refractivity contribution is 6.09. The van der Waals surface area contributed by atoms with Gasteiger partial charge in [0.2, 0.25) is 0 Å². The Morgan fingerprint density at radius 1 is 0.457 bits per heavy atom. The summed E-state index contributed by atoms with van der Waals surface area (Å²) in [5, 5.41) is 2.56. The van der Waals surface area contributed by atoms with Crippen molar-refractivity contribution in [3.63, 3.8) is 0 Å². The van der Waals surface area contributed by atoms with Gasteiger partial charge in [0.05, 0.1) is 11.0 Å². The lowest BCUT2D eigenvalue weighted by atomic mass is 9.81. The normalized spacial score (nSPS) is 13.2. The zero-order valence-electron chi connectivity index (χ0n) is 25.8. The van der Waals surface area contributed by atoms with Gasteiger partial charge in [-0.2, -0.15) is 0 Å². The Bertz CT molecular complexity index is 2360. The van der Waals surface area contributed by atoms with Crippen molar-refractivity contribution >= 4 is 21.8 Å². The quantitative estimate of drug-likeness (QED) is 0.204. The molecule has 0 radical (unpaired) electrons. The lowest BCUT2D eigenvalue weighted by Crippen LogP contribution is -2.15. The molecule has 2 heterocycles. The first-order valence-electron chi connectivity index (χ1n) is 15.8. The second kappa shape index (κ2) is 10.1. The predicted octanol–water partition coefficient (Wildman–Crippen LogP) is 10.9. The summed E-state index contributed by atoms with van der Waals surface area (Å²) in [5.41, 5.74) is 16.0. The molecule has 0 fully saturated rings. The number of benzene rings is 6. The van der Waals surface area contributed by atoms with Gasteiger partial charge in [0.1, 0.15) is 6.33 Å². The molecule has 0 N–H and O–H groups in total. The molecule has 0 atom stereocenters. The van der Waals surface area contributed by atoms with Gasteiger partial charge in [0.15, 0.2) is 0 Å². The zero-order valence-corrected chi connectivity index (χ0v) is 25.8. The minimum atomic E-state index is -0.110. The van der Waals surface area contributed by atoms with E-state index in [1.54, 1.807) is 6.33 Å². The van der Waals surface area contributed by atoms with Crippen molar-refractivity contribution < 1.29 is 0 Å². The van der Waals surface area contributed by atoms with Crippen LogP contribution in [0.4, 0.5) is 0 Å². The number of para-hydroxylation sites is 2. The molecule has 9 rings (SSSR count). The summed E-state index contributed by atoms with van der Waals surface area (Å²) in [6, 6.07) is 49.0. The van der Waals surface area contributed by atoms with Crippen molar-refractivity contribution in [2.75, 3.05) is 0 Å². The molecule has 0 unspecified atom stereocenters. The molecular weight excluding hydrogens is 558 g/mol. The molecule has 0 saturated carbocycles. The van der Waals surface area contributed by atoms with Crippen LogP contribution in [0, 0.1) is 0 Å². The first kappa shape index (κ1) is 26.6. The average Bonchev–Trinajstić information content (AvgIpc) is 3.57. The smallest absolute Gasteiger partial charge is 0.115 e. The van der Waals surface area contributed by atoms with Gasteiger partial charge in [-0.05, 0) is 86.5 Å². The maximum Gasteiger partial charge on any atom is 0.115 e. The topological polar surface area (TPSA) is 30.7 Å². The van der Waals surface area contributed by atoms with E-state index in [9.17, 15) is 0 Å². The van der Waals surface area contributed by atoms with E-state index in [1.165, 1.54) is 72.0 Å². The summed E-state index contributed by atoms with van der Waals surface area (Å²) in [4.78, 5) is 8.33. The fraction of sp³-hybridized carbons (Fsp3) is 0.0698. The van der Waals surface area contributed by atoms with Crippen LogP contribution in [0.3, 0.4) is 0 Å². The second-order valence-electron chi connectivity index (χ2n) is 12.8. The largest absolute Gasteiger partial charge is 0.309 e. The highest BCUT2D eigenvalue weighted by Gasteiger charge is 2.35. The third-order valence-corrected chi connectivity index (χ3v) is 9.83. The first-order chi connectivity index (χ1) is 22.6. The van der Waals surface area contributed by atoms with Crippen molar-refractivity contribution in [1.29, 1.82) is 0 Å². The molecule has 3 nitrogen and oxygen atoms in total. The standard InChI is InChI=1S/C43H31N3/c1-43(2)39-23-31(28-11-13-30(14-12-28)33-25-44-27-45-26-33)17-21-35(39)36-22-18-32(24-40(36)43)29-15-19-34(20-16-29)46-41-9-5-3-7-37(41)38-8-4-6-10-42(38)46/h3-27H,1-2H3. The Kier molecular flexibility index (Phi) is 5.85. The number of rotatable bonds is 4. The Balaban J connectivity index is 1.05. The zero-order chi connectivity index (χ0) is 30.8. The minimum absolute atomic E-state index is 0.110. The third kappa shape index (κ3) is 4.05. The Hall–Kier alpha value is -5.80. The molecule has 8 aromatic rings. The molecule has 1 aliphatic rings. The fourth-order valence-corrected chi connectivity index (χ4v) is 7.40. The van der Waals surface area contributed by atoms with Gasteiger partial charge in [-0.25, -0.2) is 9.97 Å². The molecule has 2 aromatic heterocycles. The van der Waals surface area contributed by atoms with E-state index in [-0.39, 0.29) is 5.41 Å². The number of hydrogen-bond donors (Lipinski definition) is 0. The van der Waals surface area contributed by atoms with Gasteiger partial charge in [-0.3, -0.25) is 0 Å². The molecule has 1 aliphatic carbocycles. The number of fused-ring (bicyclic) bond motifs is 6. The van der Waals surface area contributed by atoms with Crippen molar-refractivity contribution in [2.45, 2.75) is 19.3 Å². The first-order valence-corrected chi connectivity index (χ1v) is 15.8. The van der Waals surface area contributed by atoms with E-state index < -0.39 is 0 Å². The van der Waals surface area contributed by atoms with Crippen LogP contribution in [0.2, 0.25) is 0 Å². The molecule has 0 aliphatic heterocycles. The van der Waals surface area contributed by atoms with Crippen LogP contribution in [0.5, 0.6) is 0 Å². The fourth-order valence-electron chi connectivity index (χ4n) is 7.40. The van der Waals surface area contributed by atoms with E-state index in [1.807, 2.05) is 12.4 Å². The van der Waals surface area contributed by atoms with Crippen LogP contribution in [-0.4, -0.2) is 14.5 Å². The summed E-state index contributed by atoms with van der Waals surface area (Å²) >= 11 is 0. The molecule has 3 heteroatoms. The number of nitrogens with zero attached hydrogens (tertiary/aromatic N) is 3.